The fourth-order valence-electron chi connectivity index (χ4n) is 2.66. The topological polar surface area (TPSA) is 97.2 Å². The second-order valence-corrected chi connectivity index (χ2v) is 10.0. The molecule has 7 nitrogen and oxygen atoms in total. The first-order chi connectivity index (χ1) is 14.2. The van der Waals surface area contributed by atoms with Crippen molar-refractivity contribution < 1.29 is 17.4 Å². The SMILES string of the molecule is Cc1cccc(/C=N/N=C2/NC(=O)C(C(C)C)S2)c1OS(=O)(=O)c1ccc(Cl)cc1. The molecule has 158 valence electrons. The van der Waals surface area contributed by atoms with Gasteiger partial charge >= 0.3 is 10.1 Å². The Hall–Kier alpha value is -2.36. The average molecular weight is 466 g/mol. The van der Waals surface area contributed by atoms with Crippen molar-refractivity contribution >= 4 is 50.8 Å². The van der Waals surface area contributed by atoms with Gasteiger partial charge in [0.25, 0.3) is 0 Å². The van der Waals surface area contributed by atoms with Gasteiger partial charge in [0.2, 0.25) is 5.91 Å². The maximum atomic E-state index is 12.6. The van der Waals surface area contributed by atoms with E-state index in [1.54, 1.807) is 25.1 Å². The van der Waals surface area contributed by atoms with E-state index in [2.05, 4.69) is 15.5 Å². The van der Waals surface area contributed by atoms with Crippen LogP contribution in [0.1, 0.15) is 25.0 Å². The number of halogens is 1. The summed E-state index contributed by atoms with van der Waals surface area (Å²) in [5.41, 5.74) is 1.05. The first-order valence-corrected chi connectivity index (χ1v) is 11.7. The number of hydrogen-bond donors (Lipinski definition) is 1. The standard InChI is InChI=1S/C20H20ClN3O4S2/c1-12(2)18-19(25)23-20(29-18)24-22-11-14-6-4-5-13(3)17(14)28-30(26,27)16-9-7-15(21)8-10-16/h4-12,18H,1-3H3,(H,23,24,25)/b22-11+. The molecule has 0 spiro atoms. The van der Waals surface area contributed by atoms with Crippen LogP contribution in [0, 0.1) is 12.8 Å². The minimum atomic E-state index is -4.06. The van der Waals surface area contributed by atoms with Crippen molar-refractivity contribution in [1.29, 1.82) is 0 Å². The lowest BCUT2D eigenvalue weighted by molar-refractivity contribution is -0.119. The van der Waals surface area contributed by atoms with Crippen LogP contribution in [0.4, 0.5) is 0 Å². The fourth-order valence-corrected chi connectivity index (χ4v) is 4.73. The Balaban J connectivity index is 1.83. The number of thioether (sulfide) groups is 1. The third-order valence-electron chi connectivity index (χ3n) is 4.22. The molecule has 3 rings (SSSR count). The Morgan fingerprint density at radius 1 is 1.20 bits per heavy atom. The van der Waals surface area contributed by atoms with Gasteiger partial charge in [-0.05, 0) is 48.7 Å². The van der Waals surface area contributed by atoms with Gasteiger partial charge in [-0.3, -0.25) is 4.79 Å². The Morgan fingerprint density at radius 2 is 1.90 bits per heavy atom. The number of amidine groups is 1. The van der Waals surface area contributed by atoms with E-state index in [1.165, 1.54) is 42.2 Å². The molecule has 10 heteroatoms. The lowest BCUT2D eigenvalue weighted by Gasteiger charge is -2.11. The van der Waals surface area contributed by atoms with Crippen LogP contribution in [0.2, 0.25) is 5.02 Å². The monoisotopic (exact) mass is 465 g/mol. The van der Waals surface area contributed by atoms with E-state index in [4.69, 9.17) is 15.8 Å². The van der Waals surface area contributed by atoms with Crippen LogP contribution in [0.25, 0.3) is 0 Å². The van der Waals surface area contributed by atoms with Crippen molar-refractivity contribution in [1.82, 2.24) is 5.32 Å². The molecule has 0 aromatic heterocycles. The number of nitrogens with zero attached hydrogens (tertiary/aromatic N) is 2. The second-order valence-electron chi connectivity index (χ2n) is 6.91. The van der Waals surface area contributed by atoms with Crippen molar-refractivity contribution in [3.8, 4) is 5.75 Å². The first-order valence-electron chi connectivity index (χ1n) is 9.05. The quantitative estimate of drug-likeness (QED) is 0.395. The molecule has 1 fully saturated rings. The number of amides is 1. The van der Waals surface area contributed by atoms with Crippen LogP contribution in [0.15, 0.2) is 57.6 Å². The molecule has 2 aromatic carbocycles. The third-order valence-corrected chi connectivity index (χ3v) is 7.12. The van der Waals surface area contributed by atoms with E-state index in [1.807, 2.05) is 13.8 Å². The summed E-state index contributed by atoms with van der Waals surface area (Å²) in [7, 11) is -4.06. The lowest BCUT2D eigenvalue weighted by Crippen LogP contribution is -2.27. The molecule has 1 saturated heterocycles. The van der Waals surface area contributed by atoms with Crippen LogP contribution >= 0.6 is 23.4 Å². The van der Waals surface area contributed by atoms with Crippen molar-refractivity contribution in [3.05, 3.63) is 58.6 Å². The molecule has 0 aliphatic carbocycles. The summed E-state index contributed by atoms with van der Waals surface area (Å²) in [4.78, 5) is 11.9. The lowest BCUT2D eigenvalue weighted by atomic mass is 10.1. The zero-order valence-electron chi connectivity index (χ0n) is 16.5. The molecule has 2 aromatic rings. The number of aryl methyl sites for hydroxylation is 1. The van der Waals surface area contributed by atoms with Gasteiger partial charge in [-0.25, -0.2) is 0 Å². The number of benzene rings is 2. The predicted octanol–water partition coefficient (Wildman–Crippen LogP) is 3.99. The maximum Gasteiger partial charge on any atom is 0.339 e. The second kappa shape index (κ2) is 9.20. The zero-order chi connectivity index (χ0) is 21.9. The predicted molar refractivity (Wildman–Crippen MR) is 120 cm³/mol. The van der Waals surface area contributed by atoms with Crippen LogP contribution in [0.5, 0.6) is 5.75 Å². The van der Waals surface area contributed by atoms with Crippen molar-refractivity contribution in [2.24, 2.45) is 16.1 Å². The van der Waals surface area contributed by atoms with Gasteiger partial charge in [0.15, 0.2) is 10.9 Å². The van der Waals surface area contributed by atoms with Crippen molar-refractivity contribution in [2.75, 3.05) is 0 Å². The smallest absolute Gasteiger partial charge is 0.339 e. The number of para-hydroxylation sites is 1. The minimum absolute atomic E-state index is 0.0110. The highest BCUT2D eigenvalue weighted by molar-refractivity contribution is 8.15. The summed E-state index contributed by atoms with van der Waals surface area (Å²) >= 11 is 7.14. The number of nitrogens with one attached hydrogen (secondary N) is 1. The summed E-state index contributed by atoms with van der Waals surface area (Å²) in [6.07, 6.45) is 1.39. The largest absolute Gasteiger partial charge is 0.378 e. The van der Waals surface area contributed by atoms with Crippen LogP contribution < -0.4 is 9.50 Å². The summed E-state index contributed by atoms with van der Waals surface area (Å²) < 4.78 is 30.7. The Morgan fingerprint density at radius 3 is 2.53 bits per heavy atom. The molecule has 0 saturated carbocycles. The van der Waals surface area contributed by atoms with Gasteiger partial charge in [0.05, 0.1) is 11.5 Å². The molecular weight excluding hydrogens is 446 g/mol. The van der Waals surface area contributed by atoms with Gasteiger partial charge in [0.1, 0.15) is 4.90 Å². The number of rotatable bonds is 6. The zero-order valence-corrected chi connectivity index (χ0v) is 18.9. The Kier molecular flexibility index (Phi) is 6.84. The van der Waals surface area contributed by atoms with E-state index in [9.17, 15) is 13.2 Å². The number of carbonyl (C=O) groups excluding carboxylic acids is 1. The maximum absolute atomic E-state index is 12.6. The van der Waals surface area contributed by atoms with Crippen LogP contribution in [-0.2, 0) is 14.9 Å². The molecule has 30 heavy (non-hydrogen) atoms. The highest BCUT2D eigenvalue weighted by Crippen LogP contribution is 2.28. The fraction of sp³-hybridized carbons (Fsp3) is 0.250. The Labute approximate surface area is 184 Å². The van der Waals surface area contributed by atoms with E-state index in [0.29, 0.717) is 21.3 Å². The van der Waals surface area contributed by atoms with Crippen molar-refractivity contribution in [3.63, 3.8) is 0 Å². The summed E-state index contributed by atoms with van der Waals surface area (Å²) in [6, 6.07) is 10.9. The third kappa shape index (κ3) is 5.21. The van der Waals surface area contributed by atoms with Gasteiger partial charge < -0.3 is 9.50 Å². The van der Waals surface area contributed by atoms with Crippen LogP contribution in [-0.4, -0.2) is 31.0 Å². The highest BCUT2D eigenvalue weighted by Gasteiger charge is 2.32. The van der Waals surface area contributed by atoms with E-state index in [0.717, 1.165) is 0 Å². The molecule has 0 radical (unpaired) electrons. The van der Waals surface area contributed by atoms with Gasteiger partial charge in [-0.15, -0.1) is 5.10 Å². The summed E-state index contributed by atoms with van der Waals surface area (Å²) in [5.74, 6) is 0.221. The molecule has 1 heterocycles. The number of hydrogen-bond acceptors (Lipinski definition) is 7. The van der Waals surface area contributed by atoms with Gasteiger partial charge in [0, 0.05) is 10.6 Å². The minimum Gasteiger partial charge on any atom is -0.378 e. The van der Waals surface area contributed by atoms with Gasteiger partial charge in [-0.1, -0.05) is 49.3 Å². The first kappa shape index (κ1) is 22.3. The van der Waals surface area contributed by atoms with Crippen LogP contribution in [0.3, 0.4) is 0 Å². The summed E-state index contributed by atoms with van der Waals surface area (Å²) in [5, 5.41) is 11.3. The van der Waals surface area contributed by atoms with E-state index >= 15 is 0 Å². The molecule has 1 N–H and O–H groups in total. The molecule has 1 amide bonds. The van der Waals surface area contributed by atoms with Gasteiger partial charge in [-0.2, -0.15) is 13.5 Å². The molecular formula is C20H20ClN3O4S2. The Bertz CT molecular complexity index is 1110. The normalized spacial score (nSPS) is 18.4. The molecule has 1 atom stereocenters. The summed E-state index contributed by atoms with van der Waals surface area (Å²) in [6.45, 7) is 5.65. The van der Waals surface area contributed by atoms with E-state index < -0.39 is 10.1 Å². The average Bonchev–Trinajstić information content (AvgIpc) is 3.05. The molecule has 1 aliphatic heterocycles. The molecule has 0 bridgehead atoms. The van der Waals surface area contributed by atoms with E-state index in [-0.39, 0.29) is 27.7 Å². The van der Waals surface area contributed by atoms with Crippen molar-refractivity contribution in [2.45, 2.75) is 30.9 Å². The highest BCUT2D eigenvalue weighted by atomic mass is 35.5. The number of carbonyl (C=O) groups is 1. The molecule has 1 unspecified atom stereocenters. The molecule has 1 aliphatic rings.